The molecule has 1 aromatic rings. The van der Waals surface area contributed by atoms with E-state index in [1.807, 2.05) is 44.9 Å². The highest BCUT2D eigenvalue weighted by Gasteiger charge is 2.59. The summed E-state index contributed by atoms with van der Waals surface area (Å²) in [5, 5.41) is 26.2. The lowest BCUT2D eigenvalue weighted by atomic mass is 9.56. The van der Waals surface area contributed by atoms with E-state index in [-0.39, 0.29) is 18.3 Å². The predicted molar refractivity (Wildman–Crippen MR) is 125 cm³/mol. The van der Waals surface area contributed by atoms with Gasteiger partial charge in [0.25, 0.3) is 0 Å². The summed E-state index contributed by atoms with van der Waals surface area (Å²) in [6.07, 6.45) is 5.82. The summed E-state index contributed by atoms with van der Waals surface area (Å²) in [7, 11) is 1.87. The minimum Gasteiger partial charge on any atom is -0.508 e. The molecule has 1 saturated heterocycles. The number of alkyl halides is 1. The highest BCUT2D eigenvalue weighted by molar-refractivity contribution is 5.74. The molecule has 0 amide bonds. The molecule has 3 rings (SSSR count). The molecule has 3 N–H and O–H groups in total. The number of aromatic hydroxyl groups is 1. The van der Waals surface area contributed by atoms with Crippen molar-refractivity contribution in [2.45, 2.75) is 69.9 Å². The number of likely N-dealkylation sites (tertiary alicyclic amines) is 1. The van der Waals surface area contributed by atoms with Crippen LogP contribution in [-0.2, 0) is 10.2 Å². The number of hydrogen-bond donors (Lipinski definition) is 3. The summed E-state index contributed by atoms with van der Waals surface area (Å²) >= 11 is 0. The number of benzene rings is 1. The molecular weight excluding hydrogens is 407 g/mol. The number of phenols is 1. The van der Waals surface area contributed by atoms with Crippen molar-refractivity contribution in [3.8, 4) is 5.75 Å². The number of fused-ring (bicyclic) bond motifs is 1. The number of aryl methyl sites for hydroxylation is 1. The number of nitrogens with zero attached hydrogens (tertiary/aromatic N) is 1. The van der Waals surface area contributed by atoms with Crippen LogP contribution in [0.25, 0.3) is 0 Å². The lowest BCUT2D eigenvalue weighted by Crippen LogP contribution is -2.67. The lowest BCUT2D eigenvalue weighted by molar-refractivity contribution is -0.134. The molecule has 0 radical (unpaired) electrons. The Bertz CT molecular complexity index is 912. The average molecular weight is 445 g/mol. The highest BCUT2D eigenvalue weighted by Crippen LogP contribution is 2.55. The van der Waals surface area contributed by atoms with Crippen molar-refractivity contribution >= 4 is 6.29 Å². The van der Waals surface area contributed by atoms with E-state index in [1.54, 1.807) is 12.1 Å². The zero-order valence-electron chi connectivity index (χ0n) is 19.7. The number of piperidine rings is 1. The van der Waals surface area contributed by atoms with Gasteiger partial charge in [-0.1, -0.05) is 19.1 Å². The van der Waals surface area contributed by atoms with Gasteiger partial charge in [-0.25, -0.2) is 4.39 Å². The SMILES string of the molecule is CC/C(C=O)=C/C1=C(NC)CCC2(c3cc(O)ccc3C)CCN(CCF)C(C)C2(O)C1. The number of aldehydes is 1. The van der Waals surface area contributed by atoms with Crippen molar-refractivity contribution in [2.24, 2.45) is 0 Å². The molecule has 5 nitrogen and oxygen atoms in total. The summed E-state index contributed by atoms with van der Waals surface area (Å²) in [5.41, 5.74) is 2.80. The maximum Gasteiger partial charge on any atom is 0.146 e. The fourth-order valence-electron chi connectivity index (χ4n) is 5.91. The van der Waals surface area contributed by atoms with E-state index in [9.17, 15) is 19.4 Å². The third kappa shape index (κ3) is 4.11. The number of allylic oxidation sites excluding steroid dienone is 3. The topological polar surface area (TPSA) is 72.8 Å². The van der Waals surface area contributed by atoms with Crippen molar-refractivity contribution in [3.05, 3.63) is 52.2 Å². The molecule has 0 aromatic heterocycles. The van der Waals surface area contributed by atoms with Crippen molar-refractivity contribution in [2.75, 3.05) is 26.8 Å². The third-order valence-electron chi connectivity index (χ3n) is 7.87. The Morgan fingerprint density at radius 3 is 2.75 bits per heavy atom. The number of rotatable bonds is 7. The molecule has 1 aliphatic carbocycles. The highest BCUT2D eigenvalue weighted by atomic mass is 19.1. The second-order valence-corrected chi connectivity index (χ2v) is 9.28. The van der Waals surface area contributed by atoms with Crippen LogP contribution in [0.2, 0.25) is 0 Å². The van der Waals surface area contributed by atoms with E-state index in [4.69, 9.17) is 0 Å². The standard InChI is InChI=1S/C26H37FN2O3/c1-5-20(17-30)14-21-16-26(32)19(3)29(13-11-27)12-10-25(26,9-8-24(21)28-4)23-15-22(31)7-6-18(23)2/h6-7,14-15,17,19,28,31-32H,5,8-13,16H2,1-4H3/b20-14-. The molecule has 1 heterocycles. The molecule has 1 fully saturated rings. The smallest absolute Gasteiger partial charge is 0.146 e. The summed E-state index contributed by atoms with van der Waals surface area (Å²) < 4.78 is 13.3. The monoisotopic (exact) mass is 444 g/mol. The van der Waals surface area contributed by atoms with Gasteiger partial charge in [0.05, 0.1) is 5.60 Å². The molecule has 0 bridgehead atoms. The van der Waals surface area contributed by atoms with E-state index >= 15 is 0 Å². The lowest BCUT2D eigenvalue weighted by Gasteiger charge is -2.58. The quantitative estimate of drug-likeness (QED) is 0.439. The van der Waals surface area contributed by atoms with Gasteiger partial charge < -0.3 is 15.5 Å². The van der Waals surface area contributed by atoms with Gasteiger partial charge in [0.1, 0.15) is 18.7 Å². The average Bonchev–Trinajstić information content (AvgIpc) is 2.91. The van der Waals surface area contributed by atoms with Crippen LogP contribution in [0.1, 0.15) is 57.1 Å². The first-order valence-electron chi connectivity index (χ1n) is 11.6. The van der Waals surface area contributed by atoms with Crippen LogP contribution < -0.4 is 5.32 Å². The maximum atomic E-state index is 13.3. The third-order valence-corrected chi connectivity index (χ3v) is 7.87. The first-order valence-corrected chi connectivity index (χ1v) is 11.6. The molecule has 0 spiro atoms. The van der Waals surface area contributed by atoms with Crippen molar-refractivity contribution in [3.63, 3.8) is 0 Å². The minimum absolute atomic E-state index is 0.182. The van der Waals surface area contributed by atoms with Crippen LogP contribution >= 0.6 is 0 Å². The van der Waals surface area contributed by atoms with Crippen molar-refractivity contribution < 1.29 is 19.4 Å². The molecule has 32 heavy (non-hydrogen) atoms. The van der Waals surface area contributed by atoms with Crippen LogP contribution in [0.3, 0.4) is 0 Å². The van der Waals surface area contributed by atoms with Gasteiger partial charge in [0.15, 0.2) is 0 Å². The fourth-order valence-corrected chi connectivity index (χ4v) is 5.91. The van der Waals surface area contributed by atoms with E-state index in [0.29, 0.717) is 44.2 Å². The van der Waals surface area contributed by atoms with Crippen LogP contribution in [0.4, 0.5) is 4.39 Å². The van der Waals surface area contributed by atoms with Crippen molar-refractivity contribution in [1.82, 2.24) is 10.2 Å². The van der Waals surface area contributed by atoms with Crippen LogP contribution in [-0.4, -0.2) is 59.9 Å². The second kappa shape index (κ2) is 9.75. The summed E-state index contributed by atoms with van der Waals surface area (Å²) in [5.74, 6) is 0.182. The Labute approximate surface area is 191 Å². The number of carbonyl (C=O) groups is 1. The molecule has 1 aliphatic heterocycles. The number of hydrogen-bond acceptors (Lipinski definition) is 5. The Morgan fingerprint density at radius 2 is 2.12 bits per heavy atom. The molecule has 0 saturated carbocycles. The second-order valence-electron chi connectivity index (χ2n) is 9.28. The minimum atomic E-state index is -1.20. The Kier molecular flexibility index (Phi) is 7.46. The van der Waals surface area contributed by atoms with Gasteiger partial charge in [-0.3, -0.25) is 9.69 Å². The molecule has 3 unspecified atom stereocenters. The van der Waals surface area contributed by atoms with Gasteiger partial charge >= 0.3 is 0 Å². The van der Waals surface area contributed by atoms with Gasteiger partial charge in [0.2, 0.25) is 0 Å². The number of phenolic OH excluding ortho intramolecular Hbond substituents is 1. The normalized spacial score (nSPS) is 29.4. The molecule has 6 heteroatoms. The number of carbonyl (C=O) groups excluding carboxylic acids is 1. The molecular formula is C26H37FN2O3. The fraction of sp³-hybridized carbons (Fsp3) is 0.577. The van der Waals surface area contributed by atoms with Crippen molar-refractivity contribution in [1.29, 1.82) is 0 Å². The Hall–Kier alpha value is -2.18. The first-order chi connectivity index (χ1) is 15.3. The molecule has 176 valence electrons. The largest absolute Gasteiger partial charge is 0.508 e. The zero-order valence-corrected chi connectivity index (χ0v) is 19.7. The summed E-state index contributed by atoms with van der Waals surface area (Å²) in [6, 6.07) is 5.07. The zero-order chi connectivity index (χ0) is 23.5. The first kappa shape index (κ1) is 24.5. The predicted octanol–water partition coefficient (Wildman–Crippen LogP) is 3.93. The van der Waals surface area contributed by atoms with Gasteiger partial charge in [-0.2, -0.15) is 0 Å². The molecule has 2 aliphatic rings. The summed E-state index contributed by atoms with van der Waals surface area (Å²) in [4.78, 5) is 13.6. The molecule has 3 atom stereocenters. The van der Waals surface area contributed by atoms with E-state index in [2.05, 4.69) is 5.32 Å². The number of nitrogens with one attached hydrogen (secondary N) is 1. The number of halogens is 1. The molecule has 1 aromatic carbocycles. The van der Waals surface area contributed by atoms with E-state index in [0.717, 1.165) is 28.7 Å². The van der Waals surface area contributed by atoms with E-state index in [1.165, 1.54) is 0 Å². The van der Waals surface area contributed by atoms with Gasteiger partial charge in [-0.05, 0) is 80.5 Å². The van der Waals surface area contributed by atoms with Gasteiger partial charge in [-0.15, -0.1) is 0 Å². The van der Waals surface area contributed by atoms with Crippen LogP contribution in [0.15, 0.2) is 41.1 Å². The van der Waals surface area contributed by atoms with Crippen LogP contribution in [0.5, 0.6) is 5.75 Å². The Balaban J connectivity index is 2.23. The maximum absolute atomic E-state index is 13.3. The van der Waals surface area contributed by atoms with Crippen LogP contribution in [0, 0.1) is 6.92 Å². The van der Waals surface area contributed by atoms with E-state index < -0.39 is 17.7 Å². The number of aliphatic hydroxyl groups is 1. The Morgan fingerprint density at radius 1 is 1.38 bits per heavy atom. The van der Waals surface area contributed by atoms with Gasteiger partial charge in [0, 0.05) is 37.2 Å². The summed E-state index contributed by atoms with van der Waals surface area (Å²) in [6.45, 7) is 6.43.